The van der Waals surface area contributed by atoms with E-state index in [0.29, 0.717) is 5.82 Å². The summed E-state index contributed by atoms with van der Waals surface area (Å²) in [5.41, 5.74) is 8.91. The monoisotopic (exact) mass is 202 g/mol. The third-order valence-corrected chi connectivity index (χ3v) is 2.41. The molecule has 4 heteroatoms. The third kappa shape index (κ3) is 1.58. The number of nitrogens with zero attached hydrogens (tertiary/aromatic N) is 3. The number of rotatable bonds is 1. The van der Waals surface area contributed by atoms with Crippen molar-refractivity contribution in [2.75, 3.05) is 5.73 Å². The van der Waals surface area contributed by atoms with Crippen LogP contribution >= 0.6 is 0 Å². The molecule has 78 valence electrons. The van der Waals surface area contributed by atoms with Crippen LogP contribution in [0.1, 0.15) is 16.8 Å². The van der Waals surface area contributed by atoms with Crippen molar-refractivity contribution >= 4 is 5.82 Å². The number of hydrogen-bond donors (Lipinski definition) is 1. The average molecular weight is 202 g/mol. The van der Waals surface area contributed by atoms with Crippen molar-refractivity contribution in [1.29, 1.82) is 0 Å². The Hall–Kier alpha value is -1.84. The molecule has 0 spiro atoms. The van der Waals surface area contributed by atoms with Crippen LogP contribution < -0.4 is 5.73 Å². The van der Waals surface area contributed by atoms with Crippen molar-refractivity contribution in [2.45, 2.75) is 20.8 Å². The maximum absolute atomic E-state index is 5.91. The van der Waals surface area contributed by atoms with Crippen molar-refractivity contribution < 1.29 is 0 Å². The summed E-state index contributed by atoms with van der Waals surface area (Å²) in [7, 11) is 0. The Kier molecular flexibility index (Phi) is 2.19. The van der Waals surface area contributed by atoms with E-state index in [1.165, 1.54) is 0 Å². The molecule has 0 radical (unpaired) electrons. The Labute approximate surface area is 88.8 Å². The Balaban J connectivity index is 2.63. The first-order valence-electron chi connectivity index (χ1n) is 4.84. The molecule has 2 heterocycles. The van der Waals surface area contributed by atoms with E-state index in [1.807, 2.05) is 32.9 Å². The van der Waals surface area contributed by atoms with Crippen molar-refractivity contribution in [3.8, 4) is 5.82 Å². The molecule has 0 bridgehead atoms. The molecule has 0 aliphatic rings. The van der Waals surface area contributed by atoms with Crippen LogP contribution in [0.5, 0.6) is 0 Å². The van der Waals surface area contributed by atoms with Gasteiger partial charge in [-0.3, -0.25) is 0 Å². The molecule has 0 atom stereocenters. The second kappa shape index (κ2) is 3.38. The van der Waals surface area contributed by atoms with Crippen LogP contribution in [0, 0.1) is 20.8 Å². The van der Waals surface area contributed by atoms with Crippen LogP contribution in [0.4, 0.5) is 5.82 Å². The first-order valence-corrected chi connectivity index (χ1v) is 4.84. The number of aryl methyl sites for hydroxylation is 3. The van der Waals surface area contributed by atoms with Crippen LogP contribution in [0.2, 0.25) is 0 Å². The van der Waals surface area contributed by atoms with Crippen molar-refractivity contribution in [3.63, 3.8) is 0 Å². The van der Waals surface area contributed by atoms with E-state index in [2.05, 4.69) is 10.1 Å². The molecule has 0 fully saturated rings. The van der Waals surface area contributed by atoms with E-state index < -0.39 is 0 Å². The van der Waals surface area contributed by atoms with Crippen molar-refractivity contribution in [2.24, 2.45) is 0 Å². The van der Waals surface area contributed by atoms with Gasteiger partial charge in [0.1, 0.15) is 5.82 Å². The Morgan fingerprint density at radius 3 is 2.47 bits per heavy atom. The van der Waals surface area contributed by atoms with Crippen molar-refractivity contribution in [1.82, 2.24) is 14.8 Å². The highest BCUT2D eigenvalue weighted by Gasteiger charge is 2.09. The smallest absolute Gasteiger partial charge is 0.158 e. The summed E-state index contributed by atoms with van der Waals surface area (Å²) in [5, 5.41) is 4.22. The maximum atomic E-state index is 5.91. The van der Waals surface area contributed by atoms with E-state index in [-0.39, 0.29) is 0 Å². The van der Waals surface area contributed by atoms with Gasteiger partial charge in [0.05, 0.1) is 6.20 Å². The zero-order valence-corrected chi connectivity index (χ0v) is 9.15. The molecule has 0 aromatic carbocycles. The lowest BCUT2D eigenvalue weighted by atomic mass is 10.2. The van der Waals surface area contributed by atoms with E-state index in [0.717, 1.165) is 22.6 Å². The molecule has 15 heavy (non-hydrogen) atoms. The molecule has 2 aromatic rings. The third-order valence-electron chi connectivity index (χ3n) is 2.41. The molecule has 0 aliphatic carbocycles. The number of anilines is 1. The predicted molar refractivity (Wildman–Crippen MR) is 60.0 cm³/mol. The van der Waals surface area contributed by atoms with Gasteiger partial charge in [-0.2, -0.15) is 9.78 Å². The van der Waals surface area contributed by atoms with E-state index >= 15 is 0 Å². The molecule has 0 aliphatic heterocycles. The number of nitrogens with two attached hydrogens (primary N) is 1. The summed E-state index contributed by atoms with van der Waals surface area (Å²) in [4.78, 5) is 4.44. The predicted octanol–water partition coefficient (Wildman–Crippen LogP) is 1.77. The number of hydrogen-bond acceptors (Lipinski definition) is 3. The Morgan fingerprint density at radius 2 is 1.87 bits per heavy atom. The molecular formula is C11H14N4. The highest BCUT2D eigenvalue weighted by atomic mass is 15.3. The van der Waals surface area contributed by atoms with Gasteiger partial charge >= 0.3 is 0 Å². The molecule has 4 nitrogen and oxygen atoms in total. The molecule has 2 N–H and O–H groups in total. The normalized spacial score (nSPS) is 10.6. The molecule has 0 unspecified atom stereocenters. The van der Waals surface area contributed by atoms with Gasteiger partial charge in [-0.1, -0.05) is 6.07 Å². The van der Waals surface area contributed by atoms with Gasteiger partial charge in [0, 0.05) is 11.3 Å². The maximum Gasteiger partial charge on any atom is 0.158 e. The standard InChI is InChI=1S/C11H14N4/c1-7-4-5-9(3)14-11(7)15-10(12)8(2)6-13-15/h4-6H,12H2,1-3H3. The largest absolute Gasteiger partial charge is 0.383 e. The highest BCUT2D eigenvalue weighted by Crippen LogP contribution is 2.17. The molecular weight excluding hydrogens is 188 g/mol. The number of pyridine rings is 1. The molecule has 0 amide bonds. The average Bonchev–Trinajstić information content (AvgIpc) is 2.52. The molecule has 2 aromatic heterocycles. The quantitative estimate of drug-likeness (QED) is 0.766. The summed E-state index contributed by atoms with van der Waals surface area (Å²) < 4.78 is 1.68. The zero-order valence-electron chi connectivity index (χ0n) is 9.15. The van der Waals surface area contributed by atoms with Gasteiger partial charge in [0.25, 0.3) is 0 Å². The summed E-state index contributed by atoms with van der Waals surface area (Å²) >= 11 is 0. The second-order valence-electron chi connectivity index (χ2n) is 3.72. The topological polar surface area (TPSA) is 56.7 Å². The highest BCUT2D eigenvalue weighted by molar-refractivity contribution is 5.46. The summed E-state index contributed by atoms with van der Waals surface area (Å²) in [6.45, 7) is 5.89. The minimum atomic E-state index is 0.649. The fourth-order valence-electron chi connectivity index (χ4n) is 1.44. The van der Waals surface area contributed by atoms with Crippen LogP contribution in [-0.4, -0.2) is 14.8 Å². The Bertz CT molecular complexity index is 499. The van der Waals surface area contributed by atoms with E-state index in [9.17, 15) is 0 Å². The van der Waals surface area contributed by atoms with Crippen LogP contribution in [-0.2, 0) is 0 Å². The summed E-state index contributed by atoms with van der Waals surface area (Å²) in [6, 6.07) is 4.00. The lowest BCUT2D eigenvalue weighted by molar-refractivity contribution is 0.841. The van der Waals surface area contributed by atoms with E-state index in [1.54, 1.807) is 10.9 Å². The fourth-order valence-corrected chi connectivity index (χ4v) is 1.44. The first kappa shape index (κ1) is 9.71. The van der Waals surface area contributed by atoms with E-state index in [4.69, 9.17) is 5.73 Å². The molecule has 0 saturated carbocycles. The van der Waals surface area contributed by atoms with Gasteiger partial charge in [0.2, 0.25) is 0 Å². The lowest BCUT2D eigenvalue weighted by Crippen LogP contribution is -2.07. The number of aromatic nitrogens is 3. The van der Waals surface area contributed by atoms with Crippen molar-refractivity contribution in [3.05, 3.63) is 35.2 Å². The van der Waals surface area contributed by atoms with Crippen LogP contribution in [0.3, 0.4) is 0 Å². The van der Waals surface area contributed by atoms with Gasteiger partial charge in [-0.25, -0.2) is 4.98 Å². The number of nitrogen functional groups attached to an aromatic ring is 1. The van der Waals surface area contributed by atoms with Gasteiger partial charge in [0.15, 0.2) is 5.82 Å². The van der Waals surface area contributed by atoms with Gasteiger partial charge < -0.3 is 5.73 Å². The van der Waals surface area contributed by atoms with Gasteiger partial charge in [-0.15, -0.1) is 0 Å². The summed E-state index contributed by atoms with van der Waals surface area (Å²) in [5.74, 6) is 1.46. The minimum Gasteiger partial charge on any atom is -0.383 e. The zero-order chi connectivity index (χ0) is 11.0. The van der Waals surface area contributed by atoms with Crippen LogP contribution in [0.25, 0.3) is 5.82 Å². The Morgan fingerprint density at radius 1 is 1.13 bits per heavy atom. The van der Waals surface area contributed by atoms with Gasteiger partial charge in [-0.05, 0) is 32.4 Å². The lowest BCUT2D eigenvalue weighted by Gasteiger charge is -2.07. The minimum absolute atomic E-state index is 0.649. The fraction of sp³-hybridized carbons (Fsp3) is 0.273. The summed E-state index contributed by atoms with van der Waals surface area (Å²) in [6.07, 6.45) is 1.75. The molecule has 2 rings (SSSR count). The molecule has 0 saturated heterocycles. The first-order chi connectivity index (χ1) is 7.09. The SMILES string of the molecule is Cc1ccc(C)c(-n2ncc(C)c2N)n1. The van der Waals surface area contributed by atoms with Crippen LogP contribution in [0.15, 0.2) is 18.3 Å². The second-order valence-corrected chi connectivity index (χ2v) is 3.72.